The Labute approximate surface area is 169 Å². The van der Waals surface area contributed by atoms with Gasteiger partial charge in [0, 0.05) is 38.1 Å². The first-order valence-electron chi connectivity index (χ1n) is 11.1. The molecule has 4 rings (SSSR count). The van der Waals surface area contributed by atoms with Gasteiger partial charge in [-0.1, -0.05) is 0 Å². The van der Waals surface area contributed by atoms with Gasteiger partial charge in [0.15, 0.2) is 0 Å². The molecule has 0 saturated carbocycles. The first kappa shape index (κ1) is 19.6. The summed E-state index contributed by atoms with van der Waals surface area (Å²) in [5, 5.41) is 9.08. The highest BCUT2D eigenvalue weighted by Gasteiger charge is 2.32. The van der Waals surface area contributed by atoms with Crippen molar-refractivity contribution in [2.24, 2.45) is 7.05 Å². The molecule has 0 amide bonds. The Kier molecular flexibility index (Phi) is 5.88. The summed E-state index contributed by atoms with van der Waals surface area (Å²) < 4.78 is 4.32. The summed E-state index contributed by atoms with van der Waals surface area (Å²) in [6.07, 6.45) is 10.1. The van der Waals surface area contributed by atoms with Crippen LogP contribution in [0.15, 0.2) is 24.5 Å². The van der Waals surface area contributed by atoms with Gasteiger partial charge < -0.3 is 0 Å². The molecule has 0 N–H and O–H groups in total. The molecule has 2 aromatic rings. The van der Waals surface area contributed by atoms with Crippen LogP contribution in [0.5, 0.6) is 0 Å². The van der Waals surface area contributed by atoms with E-state index in [1.807, 2.05) is 17.1 Å². The lowest BCUT2D eigenvalue weighted by atomic mass is 10.1. The van der Waals surface area contributed by atoms with Crippen molar-refractivity contribution < 1.29 is 0 Å². The van der Waals surface area contributed by atoms with Crippen molar-refractivity contribution in [3.63, 3.8) is 0 Å². The molecule has 2 aliphatic heterocycles. The number of hydrogen-bond acceptors (Lipinski definition) is 4. The molecule has 0 aromatic carbocycles. The van der Waals surface area contributed by atoms with Crippen LogP contribution >= 0.6 is 0 Å². The van der Waals surface area contributed by atoms with Gasteiger partial charge in [-0.3, -0.25) is 19.2 Å². The third kappa shape index (κ3) is 3.77. The van der Waals surface area contributed by atoms with Crippen LogP contribution in [0.3, 0.4) is 0 Å². The van der Waals surface area contributed by atoms with Crippen LogP contribution in [-0.2, 0) is 13.6 Å². The van der Waals surface area contributed by atoms with Crippen LogP contribution < -0.4 is 0 Å². The van der Waals surface area contributed by atoms with Gasteiger partial charge in [-0.25, -0.2) is 0 Å². The van der Waals surface area contributed by atoms with E-state index in [9.17, 15) is 0 Å². The lowest BCUT2D eigenvalue weighted by molar-refractivity contribution is 0.168. The van der Waals surface area contributed by atoms with Crippen molar-refractivity contribution in [3.8, 4) is 0 Å². The highest BCUT2D eigenvalue weighted by molar-refractivity contribution is 5.11. The SMILES string of the molecule is CC(C)N1CCC[C@@H]1c1ccnn1CCC(C)N1CCC[C@H]1c1ccnn1C. The molecule has 2 aromatic heterocycles. The van der Waals surface area contributed by atoms with E-state index in [4.69, 9.17) is 5.10 Å². The Hall–Kier alpha value is -1.66. The van der Waals surface area contributed by atoms with Crippen molar-refractivity contribution in [3.05, 3.63) is 35.9 Å². The van der Waals surface area contributed by atoms with Crippen molar-refractivity contribution in [2.45, 2.75) is 83.6 Å². The van der Waals surface area contributed by atoms with E-state index in [1.54, 1.807) is 0 Å². The standard InChI is InChI=1S/C22H36N6/c1-17(2)26-14-5-8-21(26)22-10-13-24-28(22)16-11-18(3)27-15-6-7-20(27)19-9-12-23-25(19)4/h9-10,12-13,17-18,20-21H,5-8,11,14-16H2,1-4H3/t18?,20-,21+/m0/s1. The van der Waals surface area contributed by atoms with E-state index in [0.29, 0.717) is 24.2 Å². The maximum Gasteiger partial charge on any atom is 0.0555 e. The van der Waals surface area contributed by atoms with Crippen LogP contribution in [0.1, 0.15) is 76.3 Å². The summed E-state index contributed by atoms with van der Waals surface area (Å²) >= 11 is 0. The van der Waals surface area contributed by atoms with Gasteiger partial charge in [-0.15, -0.1) is 0 Å². The molecule has 0 aliphatic carbocycles. The third-order valence-corrected chi connectivity index (χ3v) is 6.87. The summed E-state index contributed by atoms with van der Waals surface area (Å²) in [6.45, 7) is 10.4. The topological polar surface area (TPSA) is 42.1 Å². The van der Waals surface area contributed by atoms with Crippen LogP contribution in [-0.4, -0.2) is 54.5 Å². The van der Waals surface area contributed by atoms with Gasteiger partial charge >= 0.3 is 0 Å². The lowest BCUT2D eigenvalue weighted by Crippen LogP contribution is -2.35. The summed E-state index contributed by atoms with van der Waals surface area (Å²) in [5.74, 6) is 0. The molecule has 154 valence electrons. The molecule has 2 aliphatic rings. The Morgan fingerprint density at radius 2 is 1.57 bits per heavy atom. The van der Waals surface area contributed by atoms with E-state index < -0.39 is 0 Å². The maximum atomic E-state index is 4.69. The number of rotatable bonds is 7. The monoisotopic (exact) mass is 384 g/mol. The second kappa shape index (κ2) is 8.37. The Bertz CT molecular complexity index is 763. The number of nitrogens with zero attached hydrogens (tertiary/aromatic N) is 6. The maximum absolute atomic E-state index is 4.69. The predicted molar refractivity (Wildman–Crippen MR) is 112 cm³/mol. The van der Waals surface area contributed by atoms with Gasteiger partial charge in [0.1, 0.15) is 0 Å². The van der Waals surface area contributed by atoms with Crippen LogP contribution in [0.2, 0.25) is 0 Å². The van der Waals surface area contributed by atoms with E-state index >= 15 is 0 Å². The lowest BCUT2D eigenvalue weighted by Gasteiger charge is -2.31. The van der Waals surface area contributed by atoms with Gasteiger partial charge in [0.05, 0.1) is 23.5 Å². The molecule has 28 heavy (non-hydrogen) atoms. The summed E-state index contributed by atoms with van der Waals surface area (Å²) in [7, 11) is 2.06. The molecular weight excluding hydrogens is 348 g/mol. The van der Waals surface area contributed by atoms with Gasteiger partial charge in [0.2, 0.25) is 0 Å². The zero-order valence-electron chi connectivity index (χ0n) is 18.0. The van der Waals surface area contributed by atoms with Gasteiger partial charge in [0.25, 0.3) is 0 Å². The Morgan fingerprint density at radius 1 is 0.929 bits per heavy atom. The molecule has 0 radical (unpaired) electrons. The minimum atomic E-state index is 0.505. The van der Waals surface area contributed by atoms with Crippen molar-refractivity contribution >= 4 is 0 Å². The summed E-state index contributed by atoms with van der Waals surface area (Å²) in [6, 6.07) is 6.60. The van der Waals surface area contributed by atoms with Gasteiger partial charge in [-0.2, -0.15) is 10.2 Å². The van der Waals surface area contributed by atoms with Crippen molar-refractivity contribution in [1.82, 2.24) is 29.4 Å². The zero-order chi connectivity index (χ0) is 19.7. The van der Waals surface area contributed by atoms with Crippen molar-refractivity contribution in [2.75, 3.05) is 13.1 Å². The normalized spacial score (nSPS) is 25.2. The molecule has 6 nitrogen and oxygen atoms in total. The molecule has 6 heteroatoms. The average molecular weight is 385 g/mol. The number of aromatic nitrogens is 4. The Morgan fingerprint density at radius 3 is 2.25 bits per heavy atom. The largest absolute Gasteiger partial charge is 0.292 e. The summed E-state index contributed by atoms with van der Waals surface area (Å²) in [5.41, 5.74) is 2.76. The molecule has 4 heterocycles. The molecule has 1 unspecified atom stereocenters. The molecule has 0 bridgehead atoms. The molecule has 2 fully saturated rings. The molecular formula is C22H36N6. The predicted octanol–water partition coefficient (Wildman–Crippen LogP) is 3.78. The first-order valence-corrected chi connectivity index (χ1v) is 11.1. The zero-order valence-corrected chi connectivity index (χ0v) is 18.0. The fourth-order valence-corrected chi connectivity index (χ4v) is 5.36. The minimum Gasteiger partial charge on any atom is -0.292 e. The molecule has 2 saturated heterocycles. The number of likely N-dealkylation sites (tertiary alicyclic amines) is 2. The molecule has 3 atom stereocenters. The fourth-order valence-electron chi connectivity index (χ4n) is 5.36. The van der Waals surface area contributed by atoms with E-state index in [1.165, 1.54) is 50.2 Å². The van der Waals surface area contributed by atoms with E-state index in [-0.39, 0.29) is 0 Å². The first-order chi connectivity index (χ1) is 13.6. The Balaban J connectivity index is 1.41. The second-order valence-corrected chi connectivity index (χ2v) is 8.88. The number of hydrogen-bond donors (Lipinski definition) is 0. The smallest absolute Gasteiger partial charge is 0.0555 e. The highest BCUT2D eigenvalue weighted by Crippen LogP contribution is 2.35. The quantitative estimate of drug-likeness (QED) is 0.729. The second-order valence-electron chi connectivity index (χ2n) is 8.88. The minimum absolute atomic E-state index is 0.505. The average Bonchev–Trinajstić information content (AvgIpc) is 3.44. The van der Waals surface area contributed by atoms with E-state index in [0.717, 1.165) is 13.0 Å². The summed E-state index contributed by atoms with van der Waals surface area (Å²) in [4.78, 5) is 5.31. The third-order valence-electron chi connectivity index (χ3n) is 6.87. The highest BCUT2D eigenvalue weighted by atomic mass is 15.3. The van der Waals surface area contributed by atoms with Crippen LogP contribution in [0, 0.1) is 0 Å². The fraction of sp³-hybridized carbons (Fsp3) is 0.727. The van der Waals surface area contributed by atoms with Crippen LogP contribution in [0.25, 0.3) is 0 Å². The van der Waals surface area contributed by atoms with Crippen LogP contribution in [0.4, 0.5) is 0 Å². The molecule has 0 spiro atoms. The van der Waals surface area contributed by atoms with Crippen molar-refractivity contribution in [1.29, 1.82) is 0 Å². The number of aryl methyl sites for hydroxylation is 2. The van der Waals surface area contributed by atoms with Gasteiger partial charge in [-0.05, 0) is 78.1 Å². The van der Waals surface area contributed by atoms with E-state index in [2.05, 4.69) is 59.5 Å².